The van der Waals surface area contributed by atoms with Crippen LogP contribution >= 0.6 is 0 Å². The van der Waals surface area contributed by atoms with Gasteiger partial charge >= 0.3 is 0 Å². The Hall–Kier alpha value is -1.10. The summed E-state index contributed by atoms with van der Waals surface area (Å²) in [5, 5.41) is 2.72. The number of primary amides is 1. The van der Waals surface area contributed by atoms with E-state index in [1.807, 2.05) is 6.92 Å². The van der Waals surface area contributed by atoms with E-state index < -0.39 is 0 Å². The lowest BCUT2D eigenvalue weighted by atomic mass is 10.1. The lowest BCUT2D eigenvalue weighted by Gasteiger charge is -2.10. The van der Waals surface area contributed by atoms with Crippen LogP contribution in [0.5, 0.6) is 0 Å². The molecule has 0 bridgehead atoms. The molecule has 2 amide bonds. The molecule has 82 valence electrons. The molecule has 0 rings (SSSR count). The van der Waals surface area contributed by atoms with Gasteiger partial charge in [0.05, 0.1) is 0 Å². The van der Waals surface area contributed by atoms with Crippen molar-refractivity contribution in [2.45, 2.75) is 26.2 Å². The predicted octanol–water partition coefficient (Wildman–Crippen LogP) is -0.647. The average molecular weight is 201 g/mol. The van der Waals surface area contributed by atoms with Crippen LogP contribution in [0.4, 0.5) is 0 Å². The molecule has 14 heavy (non-hydrogen) atoms. The summed E-state index contributed by atoms with van der Waals surface area (Å²) >= 11 is 0. The van der Waals surface area contributed by atoms with Crippen molar-refractivity contribution >= 4 is 11.8 Å². The monoisotopic (exact) mass is 201 g/mol. The Morgan fingerprint density at radius 2 is 2.07 bits per heavy atom. The number of hydrogen-bond donors (Lipinski definition) is 3. The normalized spacial score (nSPS) is 12.1. The molecular weight excluding hydrogens is 182 g/mol. The first-order valence-corrected chi connectivity index (χ1v) is 4.84. The molecule has 1 atom stereocenters. The highest BCUT2D eigenvalue weighted by Crippen LogP contribution is 1.99. The van der Waals surface area contributed by atoms with Crippen LogP contribution in [0.25, 0.3) is 0 Å². The Labute approximate surface area is 84.2 Å². The summed E-state index contributed by atoms with van der Waals surface area (Å²) in [6.45, 7) is 2.84. The highest BCUT2D eigenvalue weighted by Gasteiger charge is 2.10. The van der Waals surface area contributed by atoms with Crippen molar-refractivity contribution in [1.29, 1.82) is 0 Å². The summed E-state index contributed by atoms with van der Waals surface area (Å²) < 4.78 is 0. The highest BCUT2D eigenvalue weighted by atomic mass is 16.2. The van der Waals surface area contributed by atoms with Gasteiger partial charge in [-0.3, -0.25) is 9.59 Å². The van der Waals surface area contributed by atoms with E-state index in [1.165, 1.54) is 0 Å². The molecule has 0 fully saturated rings. The van der Waals surface area contributed by atoms with Gasteiger partial charge in [0.25, 0.3) is 0 Å². The van der Waals surface area contributed by atoms with Gasteiger partial charge in [-0.25, -0.2) is 0 Å². The predicted molar refractivity (Wildman–Crippen MR) is 54.3 cm³/mol. The summed E-state index contributed by atoms with van der Waals surface area (Å²) in [4.78, 5) is 21.7. The first-order chi connectivity index (χ1) is 6.57. The topological polar surface area (TPSA) is 98.2 Å². The molecule has 0 aliphatic carbocycles. The van der Waals surface area contributed by atoms with E-state index in [0.717, 1.165) is 0 Å². The Kier molecular flexibility index (Phi) is 6.74. The smallest absolute Gasteiger partial charge is 0.222 e. The van der Waals surface area contributed by atoms with Gasteiger partial charge in [-0.2, -0.15) is 0 Å². The van der Waals surface area contributed by atoms with Gasteiger partial charge in [0.1, 0.15) is 0 Å². The average Bonchev–Trinajstić information content (AvgIpc) is 2.12. The van der Waals surface area contributed by atoms with Gasteiger partial charge in [0.2, 0.25) is 11.8 Å². The van der Waals surface area contributed by atoms with Crippen LogP contribution in [0, 0.1) is 5.92 Å². The van der Waals surface area contributed by atoms with E-state index in [0.29, 0.717) is 32.4 Å². The second kappa shape index (κ2) is 7.32. The largest absolute Gasteiger partial charge is 0.370 e. The molecule has 0 saturated carbocycles. The number of rotatable bonds is 7. The third-order valence-electron chi connectivity index (χ3n) is 1.95. The highest BCUT2D eigenvalue weighted by molar-refractivity contribution is 5.78. The van der Waals surface area contributed by atoms with Crippen molar-refractivity contribution in [3.05, 3.63) is 0 Å². The fourth-order valence-electron chi connectivity index (χ4n) is 1.03. The van der Waals surface area contributed by atoms with Gasteiger partial charge in [-0.15, -0.1) is 0 Å². The van der Waals surface area contributed by atoms with Crippen molar-refractivity contribution < 1.29 is 9.59 Å². The molecule has 0 spiro atoms. The minimum absolute atomic E-state index is 0.0140. The third-order valence-corrected chi connectivity index (χ3v) is 1.95. The van der Waals surface area contributed by atoms with Crippen molar-refractivity contribution in [2.75, 3.05) is 13.1 Å². The number of nitrogens with two attached hydrogens (primary N) is 2. The lowest BCUT2D eigenvalue weighted by Crippen LogP contribution is -2.31. The SMILES string of the molecule is CC(CCN)C(=O)NCCCC(N)=O. The van der Waals surface area contributed by atoms with E-state index >= 15 is 0 Å². The van der Waals surface area contributed by atoms with E-state index in [-0.39, 0.29) is 17.7 Å². The molecule has 0 aliphatic heterocycles. The molecule has 0 saturated heterocycles. The van der Waals surface area contributed by atoms with Crippen LogP contribution < -0.4 is 16.8 Å². The van der Waals surface area contributed by atoms with Gasteiger partial charge in [0.15, 0.2) is 0 Å². The van der Waals surface area contributed by atoms with E-state index in [2.05, 4.69) is 5.32 Å². The maximum atomic E-state index is 11.3. The van der Waals surface area contributed by atoms with Gasteiger partial charge in [-0.1, -0.05) is 6.92 Å². The molecule has 0 aromatic rings. The molecule has 0 heterocycles. The van der Waals surface area contributed by atoms with Crippen molar-refractivity contribution in [3.63, 3.8) is 0 Å². The van der Waals surface area contributed by atoms with Gasteiger partial charge < -0.3 is 16.8 Å². The Balaban J connectivity index is 3.48. The molecular formula is C9H19N3O2. The fourth-order valence-corrected chi connectivity index (χ4v) is 1.03. The zero-order chi connectivity index (χ0) is 11.0. The van der Waals surface area contributed by atoms with Crippen LogP contribution in [0.3, 0.4) is 0 Å². The molecule has 0 aliphatic rings. The van der Waals surface area contributed by atoms with Crippen LogP contribution in [-0.2, 0) is 9.59 Å². The second-order valence-electron chi connectivity index (χ2n) is 3.34. The molecule has 0 radical (unpaired) electrons. The molecule has 0 aromatic heterocycles. The van der Waals surface area contributed by atoms with Crippen molar-refractivity contribution in [3.8, 4) is 0 Å². The quantitative estimate of drug-likeness (QED) is 0.477. The minimum atomic E-state index is -0.339. The maximum Gasteiger partial charge on any atom is 0.222 e. The minimum Gasteiger partial charge on any atom is -0.370 e. The van der Waals surface area contributed by atoms with Gasteiger partial charge in [-0.05, 0) is 19.4 Å². The molecule has 1 unspecified atom stereocenters. The zero-order valence-electron chi connectivity index (χ0n) is 8.58. The first-order valence-electron chi connectivity index (χ1n) is 4.84. The van der Waals surface area contributed by atoms with Crippen LogP contribution in [-0.4, -0.2) is 24.9 Å². The molecule has 5 nitrogen and oxygen atoms in total. The van der Waals surface area contributed by atoms with E-state index in [9.17, 15) is 9.59 Å². The zero-order valence-corrected chi connectivity index (χ0v) is 8.58. The Morgan fingerprint density at radius 3 is 2.57 bits per heavy atom. The summed E-state index contributed by atoms with van der Waals surface area (Å²) in [6.07, 6.45) is 1.59. The number of amides is 2. The second-order valence-corrected chi connectivity index (χ2v) is 3.34. The third kappa shape index (κ3) is 6.42. The maximum absolute atomic E-state index is 11.3. The van der Waals surface area contributed by atoms with Crippen LogP contribution in [0.1, 0.15) is 26.2 Å². The summed E-state index contributed by atoms with van der Waals surface area (Å²) in [7, 11) is 0. The summed E-state index contributed by atoms with van der Waals surface area (Å²) in [5.41, 5.74) is 10.3. The number of hydrogen-bond acceptors (Lipinski definition) is 3. The van der Waals surface area contributed by atoms with E-state index in [1.54, 1.807) is 0 Å². The van der Waals surface area contributed by atoms with Crippen molar-refractivity contribution in [2.24, 2.45) is 17.4 Å². The molecule has 5 heteroatoms. The van der Waals surface area contributed by atoms with Crippen LogP contribution in [0.15, 0.2) is 0 Å². The molecule has 0 aromatic carbocycles. The lowest BCUT2D eigenvalue weighted by molar-refractivity contribution is -0.125. The van der Waals surface area contributed by atoms with E-state index in [4.69, 9.17) is 11.5 Å². The van der Waals surface area contributed by atoms with Gasteiger partial charge in [0, 0.05) is 18.9 Å². The van der Waals surface area contributed by atoms with Crippen LogP contribution in [0.2, 0.25) is 0 Å². The summed E-state index contributed by atoms with van der Waals surface area (Å²) in [6, 6.07) is 0. The fraction of sp³-hybridized carbons (Fsp3) is 0.778. The molecule has 5 N–H and O–H groups in total. The number of nitrogens with one attached hydrogen (secondary N) is 1. The first kappa shape index (κ1) is 12.9. The Morgan fingerprint density at radius 1 is 1.43 bits per heavy atom. The standard InChI is InChI=1S/C9H19N3O2/c1-7(4-5-10)9(14)12-6-2-3-8(11)13/h7H,2-6,10H2,1H3,(H2,11,13)(H,12,14). The Bertz CT molecular complexity index is 194. The van der Waals surface area contributed by atoms with Crippen molar-refractivity contribution in [1.82, 2.24) is 5.32 Å². The number of carbonyl (C=O) groups excluding carboxylic acids is 2. The number of carbonyl (C=O) groups is 2. The summed E-state index contributed by atoms with van der Waals surface area (Å²) in [5.74, 6) is -0.414.